The lowest BCUT2D eigenvalue weighted by Gasteiger charge is -2.04. The number of hydrogen-bond donors (Lipinski definition) is 4. The molecule has 0 aliphatic rings. The Morgan fingerprint density at radius 1 is 0.840 bits per heavy atom. The molecule has 0 bridgehead atoms. The molecule has 0 aliphatic heterocycles. The molecule has 7 heteroatoms. The van der Waals surface area contributed by atoms with Gasteiger partial charge in [0.15, 0.2) is 0 Å². The molecular formula is C18H39N3O4. The lowest BCUT2D eigenvalue weighted by molar-refractivity contribution is -0.134. The van der Waals surface area contributed by atoms with Crippen LogP contribution >= 0.6 is 0 Å². The molecule has 0 aromatic rings. The number of hydrogen-bond acceptors (Lipinski definition) is 4. The monoisotopic (exact) mass is 361 g/mol. The molecule has 0 aromatic heterocycles. The Kier molecular flexibility index (Phi) is 25.2. The van der Waals surface area contributed by atoms with Gasteiger partial charge >= 0.3 is 0 Å². The molecule has 7 N–H and O–H groups in total. The van der Waals surface area contributed by atoms with Gasteiger partial charge in [0, 0.05) is 26.3 Å². The first-order valence-corrected chi connectivity index (χ1v) is 9.14. The fourth-order valence-electron chi connectivity index (χ4n) is 2.17. The van der Waals surface area contributed by atoms with Crippen molar-refractivity contribution in [3.8, 4) is 0 Å². The van der Waals surface area contributed by atoms with Crippen molar-refractivity contribution in [1.82, 2.24) is 11.5 Å². The van der Waals surface area contributed by atoms with Crippen LogP contribution in [0.3, 0.4) is 0 Å². The standard InChI is InChI=1S/C16H32N2O2.C2H4O2.H3N/c1-2-3-4-5-6-7-8-9-10-11-14-18-16(20)13-12-15(17)19;1-2(3)4;/h2-14H2,1H3,(H2,17,19)(H,18,20);1H3,(H,3,4);1H3. The molecule has 0 saturated heterocycles. The summed E-state index contributed by atoms with van der Waals surface area (Å²) in [5.41, 5.74) is 4.98. The number of carboxylic acids is 1. The summed E-state index contributed by atoms with van der Waals surface area (Å²) >= 11 is 0. The summed E-state index contributed by atoms with van der Waals surface area (Å²) in [6.07, 6.45) is 13.3. The zero-order valence-corrected chi connectivity index (χ0v) is 16.1. The maximum atomic E-state index is 11.3. The average molecular weight is 362 g/mol. The van der Waals surface area contributed by atoms with E-state index in [4.69, 9.17) is 15.6 Å². The number of primary amides is 1. The lowest BCUT2D eigenvalue weighted by Crippen LogP contribution is -2.25. The van der Waals surface area contributed by atoms with Crippen molar-refractivity contribution < 1.29 is 19.5 Å². The Balaban J connectivity index is -0.000000867. The van der Waals surface area contributed by atoms with Gasteiger partial charge in [-0.05, 0) is 6.42 Å². The summed E-state index contributed by atoms with van der Waals surface area (Å²) in [5.74, 6) is -1.32. The molecule has 0 saturated carbocycles. The molecule has 0 heterocycles. The number of carbonyl (C=O) groups is 3. The van der Waals surface area contributed by atoms with E-state index in [1.807, 2.05) is 0 Å². The van der Waals surface area contributed by atoms with E-state index >= 15 is 0 Å². The van der Waals surface area contributed by atoms with E-state index in [0.29, 0.717) is 6.54 Å². The first-order chi connectivity index (χ1) is 11.4. The molecule has 150 valence electrons. The van der Waals surface area contributed by atoms with Crippen LogP contribution in [0.5, 0.6) is 0 Å². The average Bonchev–Trinajstić information content (AvgIpc) is 2.50. The van der Waals surface area contributed by atoms with Gasteiger partial charge in [-0.3, -0.25) is 14.4 Å². The van der Waals surface area contributed by atoms with Gasteiger partial charge in [-0.2, -0.15) is 0 Å². The van der Waals surface area contributed by atoms with Gasteiger partial charge in [0.1, 0.15) is 0 Å². The molecule has 0 spiro atoms. The summed E-state index contributed by atoms with van der Waals surface area (Å²) in [7, 11) is 0. The largest absolute Gasteiger partial charge is 0.481 e. The Labute approximate surface area is 152 Å². The molecule has 0 fully saturated rings. The van der Waals surface area contributed by atoms with E-state index in [1.54, 1.807) is 0 Å². The molecule has 0 rings (SSSR count). The van der Waals surface area contributed by atoms with Gasteiger partial charge in [0.2, 0.25) is 11.8 Å². The van der Waals surface area contributed by atoms with Crippen molar-refractivity contribution in [2.24, 2.45) is 5.73 Å². The van der Waals surface area contributed by atoms with E-state index < -0.39 is 11.9 Å². The zero-order chi connectivity index (χ0) is 18.6. The summed E-state index contributed by atoms with van der Waals surface area (Å²) in [6.45, 7) is 4.04. The van der Waals surface area contributed by atoms with Crippen LogP contribution in [-0.4, -0.2) is 29.4 Å². The second-order valence-electron chi connectivity index (χ2n) is 6.02. The van der Waals surface area contributed by atoms with Gasteiger partial charge in [-0.25, -0.2) is 0 Å². The third kappa shape index (κ3) is 34.6. The van der Waals surface area contributed by atoms with Crippen LogP contribution in [0.4, 0.5) is 0 Å². The zero-order valence-electron chi connectivity index (χ0n) is 16.1. The number of amides is 2. The molecule has 2 amide bonds. The second-order valence-corrected chi connectivity index (χ2v) is 6.02. The maximum Gasteiger partial charge on any atom is 0.300 e. The maximum absolute atomic E-state index is 11.3. The van der Waals surface area contributed by atoms with Gasteiger partial charge in [-0.1, -0.05) is 64.7 Å². The minimum atomic E-state index is -0.833. The SMILES string of the molecule is CC(=O)O.CCCCCCCCCCCCNC(=O)CCC(N)=O.N. The summed E-state index contributed by atoms with van der Waals surface area (Å²) in [6, 6.07) is 0. The van der Waals surface area contributed by atoms with E-state index in [-0.39, 0.29) is 24.9 Å². The van der Waals surface area contributed by atoms with Crippen molar-refractivity contribution in [2.45, 2.75) is 90.9 Å². The van der Waals surface area contributed by atoms with Crippen LogP contribution in [-0.2, 0) is 14.4 Å². The van der Waals surface area contributed by atoms with E-state index in [2.05, 4.69) is 12.2 Å². The quantitative estimate of drug-likeness (QED) is 0.350. The topological polar surface area (TPSA) is 144 Å². The third-order valence-electron chi connectivity index (χ3n) is 3.45. The van der Waals surface area contributed by atoms with Gasteiger partial charge in [0.25, 0.3) is 5.97 Å². The highest BCUT2D eigenvalue weighted by molar-refractivity contribution is 5.82. The third-order valence-corrected chi connectivity index (χ3v) is 3.45. The molecule has 25 heavy (non-hydrogen) atoms. The number of nitrogens with two attached hydrogens (primary N) is 1. The van der Waals surface area contributed by atoms with Crippen molar-refractivity contribution >= 4 is 17.8 Å². The van der Waals surface area contributed by atoms with Crippen LogP contribution in [0.25, 0.3) is 0 Å². The number of carboxylic acid groups (broad SMARTS) is 1. The number of aliphatic carboxylic acids is 1. The number of rotatable bonds is 14. The van der Waals surface area contributed by atoms with Crippen LogP contribution in [0.2, 0.25) is 0 Å². The van der Waals surface area contributed by atoms with Crippen LogP contribution in [0.15, 0.2) is 0 Å². The predicted octanol–water partition coefficient (Wildman–Crippen LogP) is 3.54. The fraction of sp³-hybridized carbons (Fsp3) is 0.833. The normalized spacial score (nSPS) is 9.36. The second kappa shape index (κ2) is 22.4. The van der Waals surface area contributed by atoms with Crippen LogP contribution < -0.4 is 17.2 Å². The van der Waals surface area contributed by atoms with E-state index in [9.17, 15) is 9.59 Å². The van der Waals surface area contributed by atoms with E-state index in [1.165, 1.54) is 57.8 Å². The Hall–Kier alpha value is -1.63. The molecular weight excluding hydrogens is 322 g/mol. The molecule has 0 radical (unpaired) electrons. The van der Waals surface area contributed by atoms with Crippen LogP contribution in [0.1, 0.15) is 90.9 Å². The number of unbranched alkanes of at least 4 members (excludes halogenated alkanes) is 9. The minimum absolute atomic E-state index is 0. The highest BCUT2D eigenvalue weighted by atomic mass is 16.4. The Morgan fingerprint density at radius 3 is 1.64 bits per heavy atom. The van der Waals surface area contributed by atoms with Crippen molar-refractivity contribution in [1.29, 1.82) is 0 Å². The fourth-order valence-corrected chi connectivity index (χ4v) is 2.17. The molecule has 0 unspecified atom stereocenters. The van der Waals surface area contributed by atoms with Crippen LogP contribution in [0, 0.1) is 0 Å². The van der Waals surface area contributed by atoms with Crippen molar-refractivity contribution in [3.05, 3.63) is 0 Å². The van der Waals surface area contributed by atoms with E-state index in [0.717, 1.165) is 13.3 Å². The highest BCUT2D eigenvalue weighted by Gasteiger charge is 2.02. The Morgan fingerprint density at radius 2 is 1.24 bits per heavy atom. The minimum Gasteiger partial charge on any atom is -0.481 e. The lowest BCUT2D eigenvalue weighted by atomic mass is 10.1. The summed E-state index contributed by atoms with van der Waals surface area (Å²) in [4.78, 5) is 30.8. The summed E-state index contributed by atoms with van der Waals surface area (Å²) in [5, 5.41) is 10.2. The van der Waals surface area contributed by atoms with Crippen molar-refractivity contribution in [2.75, 3.05) is 6.54 Å². The summed E-state index contributed by atoms with van der Waals surface area (Å²) < 4.78 is 0. The first-order valence-electron chi connectivity index (χ1n) is 9.14. The van der Waals surface area contributed by atoms with Gasteiger partial charge in [0.05, 0.1) is 0 Å². The molecule has 0 aromatic carbocycles. The van der Waals surface area contributed by atoms with Gasteiger partial charge < -0.3 is 22.3 Å². The molecule has 0 atom stereocenters. The first kappa shape index (κ1) is 28.2. The predicted molar refractivity (Wildman–Crippen MR) is 102 cm³/mol. The number of carbonyl (C=O) groups excluding carboxylic acids is 2. The smallest absolute Gasteiger partial charge is 0.300 e. The Bertz CT molecular complexity index is 332. The van der Waals surface area contributed by atoms with Gasteiger partial charge in [-0.15, -0.1) is 0 Å². The number of nitrogens with one attached hydrogen (secondary N) is 1. The molecule has 0 aliphatic carbocycles. The van der Waals surface area contributed by atoms with Crippen molar-refractivity contribution in [3.63, 3.8) is 0 Å². The highest BCUT2D eigenvalue weighted by Crippen LogP contribution is 2.10. The molecule has 7 nitrogen and oxygen atoms in total.